The van der Waals surface area contributed by atoms with Crippen LogP contribution in [0.2, 0.25) is 0 Å². The molecule has 0 saturated heterocycles. The molecule has 0 aliphatic rings. The molecule has 7 nitrogen and oxygen atoms in total. The number of carbonyl (C=O) groups excluding carboxylic acids is 3. The maximum Gasteiger partial charge on any atom is 0.337 e. The van der Waals surface area contributed by atoms with Crippen molar-refractivity contribution in [3.8, 4) is 0 Å². The Bertz CT molecular complexity index is 627. The minimum Gasteiger partial charge on any atom is -0.465 e. The van der Waals surface area contributed by atoms with Gasteiger partial charge in [-0.15, -0.1) is 0 Å². The Labute approximate surface area is 148 Å². The Morgan fingerprint density at radius 1 is 1.16 bits per heavy atom. The SMILES string of the molecule is CCN(CC)C(=O)C[NH+](C)CC(=O)Nc1cc(C(=O)OC)ccc1C. The molecule has 25 heavy (non-hydrogen) atoms. The van der Waals surface area contributed by atoms with Gasteiger partial charge in [0.1, 0.15) is 0 Å². The maximum atomic E-state index is 12.2. The van der Waals surface area contributed by atoms with Gasteiger partial charge in [-0.25, -0.2) is 4.79 Å². The van der Waals surface area contributed by atoms with Gasteiger partial charge < -0.3 is 19.9 Å². The van der Waals surface area contributed by atoms with E-state index in [-0.39, 0.29) is 24.9 Å². The highest BCUT2D eigenvalue weighted by Crippen LogP contribution is 2.17. The van der Waals surface area contributed by atoms with Crippen LogP contribution in [0.5, 0.6) is 0 Å². The van der Waals surface area contributed by atoms with Gasteiger partial charge in [-0.2, -0.15) is 0 Å². The molecule has 2 amide bonds. The summed E-state index contributed by atoms with van der Waals surface area (Å²) in [7, 11) is 3.12. The summed E-state index contributed by atoms with van der Waals surface area (Å²) >= 11 is 0. The van der Waals surface area contributed by atoms with Crippen molar-refractivity contribution >= 4 is 23.5 Å². The molecule has 0 saturated carbocycles. The van der Waals surface area contributed by atoms with E-state index in [0.29, 0.717) is 24.3 Å². The summed E-state index contributed by atoms with van der Waals surface area (Å²) in [5.74, 6) is -0.641. The van der Waals surface area contributed by atoms with Crippen LogP contribution in [-0.4, -0.2) is 63.0 Å². The molecule has 1 aromatic rings. The van der Waals surface area contributed by atoms with Gasteiger partial charge in [-0.05, 0) is 38.5 Å². The summed E-state index contributed by atoms with van der Waals surface area (Å²) in [5, 5.41) is 2.80. The predicted molar refractivity (Wildman–Crippen MR) is 95.7 cm³/mol. The van der Waals surface area contributed by atoms with Crippen LogP contribution in [0.1, 0.15) is 29.8 Å². The van der Waals surface area contributed by atoms with Crippen LogP contribution in [0.4, 0.5) is 5.69 Å². The Morgan fingerprint density at radius 2 is 1.80 bits per heavy atom. The van der Waals surface area contributed by atoms with Crippen LogP contribution in [0.3, 0.4) is 0 Å². The standard InChI is InChI=1S/C18H27N3O4/c1-6-21(7-2)17(23)12-20(4)11-16(22)19-15-10-14(18(24)25-5)9-8-13(15)3/h8-10H,6-7,11-12H2,1-5H3,(H,19,22)/p+1. The van der Waals surface area contributed by atoms with Crippen LogP contribution >= 0.6 is 0 Å². The summed E-state index contributed by atoms with van der Waals surface area (Å²) < 4.78 is 4.69. The number of hydrogen-bond donors (Lipinski definition) is 2. The molecule has 0 aliphatic heterocycles. The van der Waals surface area contributed by atoms with Gasteiger partial charge in [0.2, 0.25) is 0 Å². The molecule has 1 aromatic carbocycles. The number of esters is 1. The van der Waals surface area contributed by atoms with Crippen molar-refractivity contribution in [2.45, 2.75) is 20.8 Å². The second kappa shape index (κ2) is 9.78. The lowest BCUT2D eigenvalue weighted by atomic mass is 10.1. The van der Waals surface area contributed by atoms with E-state index >= 15 is 0 Å². The summed E-state index contributed by atoms with van der Waals surface area (Å²) in [5.41, 5.74) is 1.79. The molecule has 0 fully saturated rings. The molecule has 0 bridgehead atoms. The highest BCUT2D eigenvalue weighted by molar-refractivity contribution is 5.95. The number of nitrogens with one attached hydrogen (secondary N) is 2. The maximum absolute atomic E-state index is 12.2. The number of rotatable bonds is 8. The molecular formula is C18H28N3O4+. The molecule has 0 aliphatic carbocycles. The van der Waals surface area contributed by atoms with E-state index in [1.165, 1.54) is 7.11 Å². The second-order valence-corrected chi connectivity index (χ2v) is 5.95. The number of amides is 2. The first-order valence-electron chi connectivity index (χ1n) is 8.40. The van der Waals surface area contributed by atoms with E-state index in [0.717, 1.165) is 10.5 Å². The Hall–Kier alpha value is -2.41. The summed E-state index contributed by atoms with van der Waals surface area (Å²) in [6, 6.07) is 4.99. The van der Waals surface area contributed by atoms with Crippen LogP contribution in [0.15, 0.2) is 18.2 Å². The number of nitrogens with zero attached hydrogens (tertiary/aromatic N) is 1. The Morgan fingerprint density at radius 3 is 2.36 bits per heavy atom. The fraction of sp³-hybridized carbons (Fsp3) is 0.500. The zero-order valence-electron chi connectivity index (χ0n) is 15.6. The quantitative estimate of drug-likeness (QED) is 0.652. The fourth-order valence-corrected chi connectivity index (χ4v) is 2.48. The average Bonchev–Trinajstić information content (AvgIpc) is 2.56. The number of aryl methyl sites for hydroxylation is 1. The number of methoxy groups -OCH3 is 1. The minimum atomic E-state index is -0.455. The largest absolute Gasteiger partial charge is 0.465 e. The van der Waals surface area contributed by atoms with Crippen LogP contribution in [0.25, 0.3) is 0 Å². The van der Waals surface area contributed by atoms with Crippen molar-refractivity contribution in [3.05, 3.63) is 29.3 Å². The van der Waals surface area contributed by atoms with E-state index in [2.05, 4.69) is 5.32 Å². The van der Waals surface area contributed by atoms with Crippen molar-refractivity contribution < 1.29 is 24.0 Å². The zero-order valence-corrected chi connectivity index (χ0v) is 15.6. The Balaban J connectivity index is 2.67. The lowest BCUT2D eigenvalue weighted by Crippen LogP contribution is -3.11. The highest BCUT2D eigenvalue weighted by Gasteiger charge is 2.18. The van der Waals surface area contributed by atoms with Crippen molar-refractivity contribution in [3.63, 3.8) is 0 Å². The van der Waals surface area contributed by atoms with Gasteiger partial charge in [0.05, 0.1) is 19.7 Å². The topological polar surface area (TPSA) is 80.2 Å². The number of ether oxygens (including phenoxy) is 1. The third-order valence-corrected chi connectivity index (χ3v) is 3.96. The number of quaternary nitrogens is 1. The van der Waals surface area contributed by atoms with Gasteiger partial charge in [0, 0.05) is 18.8 Å². The third kappa shape index (κ3) is 6.19. The van der Waals surface area contributed by atoms with Crippen molar-refractivity contribution in [2.75, 3.05) is 45.7 Å². The molecule has 138 valence electrons. The summed E-state index contributed by atoms with van der Waals surface area (Å²) in [4.78, 5) is 38.5. The third-order valence-electron chi connectivity index (χ3n) is 3.96. The smallest absolute Gasteiger partial charge is 0.337 e. The van der Waals surface area contributed by atoms with Gasteiger partial charge in [-0.3, -0.25) is 9.59 Å². The van der Waals surface area contributed by atoms with E-state index in [1.807, 2.05) is 20.8 Å². The van der Waals surface area contributed by atoms with Crippen LogP contribution in [-0.2, 0) is 14.3 Å². The molecule has 0 heterocycles. The Kier molecular flexibility index (Phi) is 8.07. The van der Waals surface area contributed by atoms with E-state index in [1.54, 1.807) is 30.1 Å². The first-order chi connectivity index (χ1) is 11.8. The number of benzene rings is 1. The molecule has 2 N–H and O–H groups in total. The monoisotopic (exact) mass is 350 g/mol. The number of anilines is 1. The number of hydrogen-bond acceptors (Lipinski definition) is 4. The van der Waals surface area contributed by atoms with Crippen molar-refractivity contribution in [1.82, 2.24) is 4.90 Å². The predicted octanol–water partition coefficient (Wildman–Crippen LogP) is 0.103. The fourth-order valence-electron chi connectivity index (χ4n) is 2.48. The molecule has 1 rings (SSSR count). The van der Waals surface area contributed by atoms with Gasteiger partial charge >= 0.3 is 5.97 Å². The lowest BCUT2D eigenvalue weighted by Gasteiger charge is -2.21. The van der Waals surface area contributed by atoms with Crippen molar-refractivity contribution in [1.29, 1.82) is 0 Å². The minimum absolute atomic E-state index is 0.0270. The first kappa shape index (κ1) is 20.6. The lowest BCUT2D eigenvalue weighted by molar-refractivity contribution is -0.862. The molecule has 1 unspecified atom stereocenters. The van der Waals surface area contributed by atoms with E-state index < -0.39 is 5.97 Å². The zero-order chi connectivity index (χ0) is 19.0. The molecule has 0 spiro atoms. The van der Waals surface area contributed by atoms with Crippen molar-refractivity contribution in [2.24, 2.45) is 0 Å². The highest BCUT2D eigenvalue weighted by atomic mass is 16.5. The van der Waals surface area contributed by atoms with Crippen LogP contribution in [0, 0.1) is 6.92 Å². The summed E-state index contributed by atoms with van der Waals surface area (Å²) in [6.45, 7) is 7.45. The summed E-state index contributed by atoms with van der Waals surface area (Å²) in [6.07, 6.45) is 0. The first-order valence-corrected chi connectivity index (χ1v) is 8.40. The number of carbonyl (C=O) groups is 3. The van der Waals surface area contributed by atoms with Gasteiger partial charge in [0.15, 0.2) is 13.1 Å². The van der Waals surface area contributed by atoms with Gasteiger partial charge in [0.25, 0.3) is 11.8 Å². The van der Waals surface area contributed by atoms with E-state index in [4.69, 9.17) is 4.74 Å². The molecule has 1 atom stereocenters. The van der Waals surface area contributed by atoms with E-state index in [9.17, 15) is 14.4 Å². The average molecular weight is 350 g/mol. The molecule has 0 radical (unpaired) electrons. The number of likely N-dealkylation sites (N-methyl/N-ethyl adjacent to an activating group) is 2. The molecule has 7 heteroatoms. The second-order valence-electron chi connectivity index (χ2n) is 5.95. The van der Waals surface area contributed by atoms with Gasteiger partial charge in [-0.1, -0.05) is 6.07 Å². The molecule has 0 aromatic heterocycles. The molecular weight excluding hydrogens is 322 g/mol. The van der Waals surface area contributed by atoms with Crippen LogP contribution < -0.4 is 10.2 Å². The normalized spacial score (nSPS) is 11.6.